The molecule has 0 spiro atoms. The summed E-state index contributed by atoms with van der Waals surface area (Å²) in [5, 5.41) is 14.2. The summed E-state index contributed by atoms with van der Waals surface area (Å²) >= 11 is 0. The second-order valence-corrected chi connectivity index (χ2v) is 4.17. The molecule has 1 aromatic rings. The molecule has 0 saturated carbocycles. The fourth-order valence-corrected chi connectivity index (χ4v) is 1.63. The molecule has 0 radical (unpaired) electrons. The van der Waals surface area contributed by atoms with Crippen LogP contribution >= 0.6 is 0 Å². The lowest BCUT2D eigenvalue weighted by molar-refractivity contribution is 0.0697. The molecule has 0 bridgehead atoms. The number of anilines is 1. The summed E-state index contributed by atoms with van der Waals surface area (Å²) in [6, 6.07) is 5.92. The van der Waals surface area contributed by atoms with Gasteiger partial charge in [-0.1, -0.05) is 19.4 Å². The number of hydrogen-bond donors (Lipinski definition) is 3. The van der Waals surface area contributed by atoms with Gasteiger partial charge in [0.05, 0.1) is 5.56 Å². The number of carboxylic acid groups (broad SMARTS) is 1. The van der Waals surface area contributed by atoms with Crippen LogP contribution in [0.4, 0.5) is 10.5 Å². The highest BCUT2D eigenvalue weighted by Gasteiger charge is 2.08. The van der Waals surface area contributed by atoms with E-state index < -0.39 is 5.97 Å². The number of aromatic carboxylic acids is 1. The third-order valence-electron chi connectivity index (χ3n) is 2.47. The predicted octanol–water partition coefficient (Wildman–Crippen LogP) is 2.69. The molecular formula is C13H18N2O3. The van der Waals surface area contributed by atoms with Gasteiger partial charge in [-0.05, 0) is 31.5 Å². The van der Waals surface area contributed by atoms with Gasteiger partial charge < -0.3 is 15.7 Å². The van der Waals surface area contributed by atoms with E-state index in [1.54, 1.807) is 12.1 Å². The summed E-state index contributed by atoms with van der Waals surface area (Å²) < 4.78 is 0. The minimum Gasteiger partial charge on any atom is -0.478 e. The Bertz CT molecular complexity index is 432. The van der Waals surface area contributed by atoms with E-state index in [9.17, 15) is 9.59 Å². The summed E-state index contributed by atoms with van der Waals surface area (Å²) in [6.07, 6.45) is 1.90. The van der Waals surface area contributed by atoms with Crippen molar-refractivity contribution in [2.24, 2.45) is 0 Å². The smallest absolute Gasteiger partial charge is 0.335 e. The Morgan fingerprint density at radius 2 is 2.11 bits per heavy atom. The van der Waals surface area contributed by atoms with Crippen molar-refractivity contribution in [3.05, 3.63) is 29.8 Å². The molecule has 0 heterocycles. The van der Waals surface area contributed by atoms with Crippen molar-refractivity contribution >= 4 is 17.7 Å². The van der Waals surface area contributed by atoms with Gasteiger partial charge >= 0.3 is 12.0 Å². The molecule has 0 fully saturated rings. The van der Waals surface area contributed by atoms with Crippen LogP contribution in [-0.4, -0.2) is 23.1 Å². The van der Waals surface area contributed by atoms with Gasteiger partial charge in [0.25, 0.3) is 0 Å². The van der Waals surface area contributed by atoms with E-state index >= 15 is 0 Å². The van der Waals surface area contributed by atoms with Gasteiger partial charge in [0.1, 0.15) is 0 Å². The molecular weight excluding hydrogens is 232 g/mol. The first-order valence-corrected chi connectivity index (χ1v) is 5.93. The fraction of sp³-hybridized carbons (Fsp3) is 0.385. The Hall–Kier alpha value is -2.04. The van der Waals surface area contributed by atoms with Crippen molar-refractivity contribution in [3.63, 3.8) is 0 Å². The third-order valence-corrected chi connectivity index (χ3v) is 2.47. The second kappa shape index (κ2) is 6.64. The Morgan fingerprint density at radius 1 is 1.39 bits per heavy atom. The zero-order valence-electron chi connectivity index (χ0n) is 10.6. The van der Waals surface area contributed by atoms with Crippen LogP contribution in [0.3, 0.4) is 0 Å². The SMILES string of the molecule is CCCC(C)NC(=O)Nc1cccc(C(=O)O)c1. The van der Waals surface area contributed by atoms with Gasteiger partial charge in [-0.25, -0.2) is 9.59 Å². The van der Waals surface area contributed by atoms with Crippen LogP contribution in [0.15, 0.2) is 24.3 Å². The quantitative estimate of drug-likeness (QED) is 0.751. The average molecular weight is 250 g/mol. The van der Waals surface area contributed by atoms with E-state index in [0.29, 0.717) is 5.69 Å². The summed E-state index contributed by atoms with van der Waals surface area (Å²) in [7, 11) is 0. The summed E-state index contributed by atoms with van der Waals surface area (Å²) in [5.41, 5.74) is 0.616. The van der Waals surface area contributed by atoms with Gasteiger partial charge in [0.2, 0.25) is 0 Å². The fourth-order valence-electron chi connectivity index (χ4n) is 1.63. The molecule has 0 aliphatic rings. The highest BCUT2D eigenvalue weighted by Crippen LogP contribution is 2.10. The molecule has 5 heteroatoms. The number of rotatable bonds is 5. The zero-order chi connectivity index (χ0) is 13.5. The van der Waals surface area contributed by atoms with Gasteiger partial charge in [0, 0.05) is 11.7 Å². The maximum Gasteiger partial charge on any atom is 0.335 e. The van der Waals surface area contributed by atoms with E-state index in [1.165, 1.54) is 12.1 Å². The molecule has 18 heavy (non-hydrogen) atoms. The number of amides is 2. The van der Waals surface area contributed by atoms with Gasteiger partial charge in [-0.15, -0.1) is 0 Å². The first-order chi connectivity index (χ1) is 8.52. The number of carbonyl (C=O) groups is 2. The highest BCUT2D eigenvalue weighted by molar-refractivity contribution is 5.93. The second-order valence-electron chi connectivity index (χ2n) is 4.17. The van der Waals surface area contributed by atoms with Crippen molar-refractivity contribution in [3.8, 4) is 0 Å². The van der Waals surface area contributed by atoms with Crippen LogP contribution < -0.4 is 10.6 Å². The molecule has 0 aliphatic carbocycles. The minimum absolute atomic E-state index is 0.0951. The molecule has 2 amide bonds. The summed E-state index contributed by atoms with van der Waals surface area (Å²) in [4.78, 5) is 22.4. The molecule has 1 atom stereocenters. The Balaban J connectivity index is 2.59. The highest BCUT2D eigenvalue weighted by atomic mass is 16.4. The molecule has 0 aliphatic heterocycles. The number of nitrogens with one attached hydrogen (secondary N) is 2. The first-order valence-electron chi connectivity index (χ1n) is 5.93. The number of benzene rings is 1. The van der Waals surface area contributed by atoms with E-state index in [4.69, 9.17) is 5.11 Å². The predicted molar refractivity (Wildman–Crippen MR) is 69.9 cm³/mol. The van der Waals surface area contributed by atoms with Crippen LogP contribution in [0.1, 0.15) is 37.0 Å². The lowest BCUT2D eigenvalue weighted by Gasteiger charge is -2.13. The van der Waals surface area contributed by atoms with Crippen molar-refractivity contribution in [2.45, 2.75) is 32.7 Å². The number of hydrogen-bond acceptors (Lipinski definition) is 2. The average Bonchev–Trinajstić information content (AvgIpc) is 2.29. The minimum atomic E-state index is -1.02. The van der Waals surface area contributed by atoms with Crippen molar-refractivity contribution in [2.75, 3.05) is 5.32 Å². The van der Waals surface area contributed by atoms with Crippen molar-refractivity contribution in [1.82, 2.24) is 5.32 Å². The summed E-state index contributed by atoms with van der Waals surface area (Å²) in [5.74, 6) is -1.02. The Morgan fingerprint density at radius 3 is 2.72 bits per heavy atom. The maximum absolute atomic E-state index is 11.6. The molecule has 1 rings (SSSR count). The van der Waals surface area contributed by atoms with Gasteiger partial charge in [0.15, 0.2) is 0 Å². The number of urea groups is 1. The standard InChI is InChI=1S/C13H18N2O3/c1-3-5-9(2)14-13(18)15-11-7-4-6-10(8-11)12(16)17/h4,6-9H,3,5H2,1-2H3,(H,16,17)(H2,14,15,18). The normalized spacial score (nSPS) is 11.7. The van der Waals surface area contributed by atoms with Crippen molar-refractivity contribution in [1.29, 1.82) is 0 Å². The Kier molecular flexibility index (Phi) is 5.17. The molecule has 1 unspecified atom stereocenters. The van der Waals surface area contributed by atoms with Gasteiger partial charge in [-0.2, -0.15) is 0 Å². The molecule has 98 valence electrons. The number of carboxylic acids is 1. The first kappa shape index (κ1) is 14.0. The van der Waals surface area contributed by atoms with Crippen LogP contribution in [0.25, 0.3) is 0 Å². The number of carbonyl (C=O) groups excluding carboxylic acids is 1. The van der Waals surface area contributed by atoms with Crippen LogP contribution in [0.5, 0.6) is 0 Å². The lowest BCUT2D eigenvalue weighted by Crippen LogP contribution is -2.35. The maximum atomic E-state index is 11.6. The summed E-state index contributed by atoms with van der Waals surface area (Å²) in [6.45, 7) is 3.98. The topological polar surface area (TPSA) is 78.4 Å². The monoisotopic (exact) mass is 250 g/mol. The lowest BCUT2D eigenvalue weighted by atomic mass is 10.2. The molecule has 5 nitrogen and oxygen atoms in total. The van der Waals surface area contributed by atoms with E-state index in [2.05, 4.69) is 10.6 Å². The molecule has 0 aromatic heterocycles. The van der Waals surface area contributed by atoms with E-state index in [1.807, 2.05) is 13.8 Å². The zero-order valence-corrected chi connectivity index (χ0v) is 10.6. The van der Waals surface area contributed by atoms with E-state index in [-0.39, 0.29) is 17.6 Å². The van der Waals surface area contributed by atoms with Crippen LogP contribution in [-0.2, 0) is 0 Å². The molecule has 0 saturated heterocycles. The van der Waals surface area contributed by atoms with E-state index in [0.717, 1.165) is 12.8 Å². The van der Waals surface area contributed by atoms with Crippen molar-refractivity contribution < 1.29 is 14.7 Å². The third kappa shape index (κ3) is 4.45. The largest absolute Gasteiger partial charge is 0.478 e. The molecule has 3 N–H and O–H groups in total. The van der Waals surface area contributed by atoms with Gasteiger partial charge in [-0.3, -0.25) is 0 Å². The van der Waals surface area contributed by atoms with Crippen LogP contribution in [0.2, 0.25) is 0 Å². The Labute approximate surface area is 106 Å². The molecule has 1 aromatic carbocycles. The van der Waals surface area contributed by atoms with Crippen LogP contribution in [0, 0.1) is 0 Å².